The molecule has 3 rings (SSSR count). The number of anilines is 1. The highest BCUT2D eigenvalue weighted by atomic mass is 79.9. The Balaban J connectivity index is 1.82. The average Bonchev–Trinajstić information content (AvgIpc) is 2.88. The number of piperidine rings is 1. The highest BCUT2D eigenvalue weighted by molar-refractivity contribution is 9.10. The molecule has 0 spiro atoms. The van der Waals surface area contributed by atoms with Crippen LogP contribution in [0.5, 0.6) is 5.75 Å². The summed E-state index contributed by atoms with van der Waals surface area (Å²) in [5, 5.41) is 15.4. The van der Waals surface area contributed by atoms with Gasteiger partial charge >= 0.3 is 5.97 Å². The van der Waals surface area contributed by atoms with E-state index >= 15 is 0 Å². The van der Waals surface area contributed by atoms with Crippen LogP contribution < -0.4 is 14.8 Å². The van der Waals surface area contributed by atoms with Crippen LogP contribution in [-0.2, 0) is 19.6 Å². The summed E-state index contributed by atoms with van der Waals surface area (Å²) in [6, 6.07) is 12.0. The molecular formula is C27H34BrN5O5S. The Kier molecular flexibility index (Phi) is 10.5. The van der Waals surface area contributed by atoms with Crippen molar-refractivity contribution in [2.75, 3.05) is 36.3 Å². The minimum absolute atomic E-state index is 0.0138. The number of esters is 1. The molecule has 1 aliphatic heterocycles. The molecule has 1 heterocycles. The largest absolute Gasteiger partial charge is 0.489 e. The predicted molar refractivity (Wildman–Crippen MR) is 157 cm³/mol. The molecule has 39 heavy (non-hydrogen) atoms. The molecule has 1 fully saturated rings. The van der Waals surface area contributed by atoms with E-state index in [0.717, 1.165) is 35.8 Å². The highest BCUT2D eigenvalue weighted by Crippen LogP contribution is 2.33. The lowest BCUT2D eigenvalue weighted by Crippen LogP contribution is -2.40. The molecule has 210 valence electrons. The fraction of sp³-hybridized carbons (Fsp3) is 0.370. The summed E-state index contributed by atoms with van der Waals surface area (Å²) in [7, 11) is -4.08. The van der Waals surface area contributed by atoms with Crippen molar-refractivity contribution in [3.63, 3.8) is 0 Å². The Morgan fingerprint density at radius 3 is 2.54 bits per heavy atom. The second-order valence-electron chi connectivity index (χ2n) is 9.04. The van der Waals surface area contributed by atoms with Crippen LogP contribution in [0.25, 0.3) is 6.08 Å². The lowest BCUT2D eigenvalue weighted by atomic mass is 10.1. The molecule has 2 aromatic rings. The van der Waals surface area contributed by atoms with Crippen molar-refractivity contribution in [2.45, 2.75) is 32.8 Å². The highest BCUT2D eigenvalue weighted by Gasteiger charge is 2.27. The van der Waals surface area contributed by atoms with Crippen molar-refractivity contribution in [3.8, 4) is 5.75 Å². The van der Waals surface area contributed by atoms with Gasteiger partial charge in [0.15, 0.2) is 5.75 Å². The van der Waals surface area contributed by atoms with E-state index in [1.165, 1.54) is 0 Å². The van der Waals surface area contributed by atoms with Crippen LogP contribution in [0.3, 0.4) is 0 Å². The van der Waals surface area contributed by atoms with Crippen LogP contribution in [0.2, 0.25) is 0 Å². The third-order valence-electron chi connectivity index (χ3n) is 6.13. The number of amidine groups is 2. The van der Waals surface area contributed by atoms with Crippen molar-refractivity contribution in [1.82, 2.24) is 4.90 Å². The number of nitrogens with one attached hydrogen (secondary N) is 2. The molecule has 0 bridgehead atoms. The van der Waals surface area contributed by atoms with E-state index in [2.05, 4.69) is 15.9 Å². The summed E-state index contributed by atoms with van der Waals surface area (Å²) < 4.78 is 39.3. The van der Waals surface area contributed by atoms with Gasteiger partial charge in [0, 0.05) is 31.5 Å². The summed E-state index contributed by atoms with van der Waals surface area (Å²) in [4.78, 5) is 14.1. The second-order valence-corrected chi connectivity index (χ2v) is 11.8. The first-order valence-corrected chi connectivity index (χ1v) is 14.9. The Bertz CT molecular complexity index is 1340. The number of likely N-dealkylation sites (tertiary alicyclic amines) is 1. The molecule has 2 aromatic carbocycles. The van der Waals surface area contributed by atoms with Crippen LogP contribution in [-0.4, -0.2) is 69.1 Å². The summed E-state index contributed by atoms with van der Waals surface area (Å²) in [5.74, 6) is -0.556. The number of ether oxygens (including phenoxy) is 2. The van der Waals surface area contributed by atoms with E-state index in [1.54, 1.807) is 62.4 Å². The van der Waals surface area contributed by atoms with E-state index in [0.29, 0.717) is 27.3 Å². The smallest absolute Gasteiger partial charge is 0.323 e. The zero-order chi connectivity index (χ0) is 28.6. The molecule has 0 radical (unpaired) electrons. The van der Waals surface area contributed by atoms with Gasteiger partial charge in [-0.25, -0.2) is 8.42 Å². The SMILES string of the molecule is CCOC(=O)CS(=O)(=O)N(C/C=C/c1cccc(C(=N)N)c1)c1ccc(OC2CCN(C(C)=N)CC2)c(Br)c1. The van der Waals surface area contributed by atoms with E-state index in [1.807, 2.05) is 11.0 Å². The van der Waals surface area contributed by atoms with Crippen molar-refractivity contribution >= 4 is 55.4 Å². The molecule has 0 aromatic heterocycles. The Morgan fingerprint density at radius 2 is 1.92 bits per heavy atom. The maximum Gasteiger partial charge on any atom is 0.323 e. The number of carbonyl (C=O) groups excluding carboxylic acids is 1. The molecule has 4 N–H and O–H groups in total. The summed E-state index contributed by atoms with van der Waals surface area (Å²) >= 11 is 3.51. The fourth-order valence-electron chi connectivity index (χ4n) is 4.13. The molecule has 1 saturated heterocycles. The van der Waals surface area contributed by atoms with Gasteiger partial charge in [-0.2, -0.15) is 0 Å². The molecule has 10 nitrogen and oxygen atoms in total. The van der Waals surface area contributed by atoms with Crippen LogP contribution in [0.1, 0.15) is 37.8 Å². The normalized spacial score (nSPS) is 14.3. The van der Waals surface area contributed by atoms with Gasteiger partial charge in [0.05, 0.1) is 29.1 Å². The van der Waals surface area contributed by atoms with Gasteiger partial charge in [-0.05, 0) is 59.6 Å². The van der Waals surface area contributed by atoms with E-state index < -0.39 is 21.7 Å². The average molecular weight is 621 g/mol. The van der Waals surface area contributed by atoms with Crippen molar-refractivity contribution in [2.24, 2.45) is 5.73 Å². The second kappa shape index (κ2) is 13.6. The van der Waals surface area contributed by atoms with Gasteiger partial charge in [0.25, 0.3) is 0 Å². The van der Waals surface area contributed by atoms with E-state index in [-0.39, 0.29) is 25.1 Å². The molecule has 0 aliphatic carbocycles. The first-order chi connectivity index (χ1) is 18.5. The summed E-state index contributed by atoms with van der Waals surface area (Å²) in [6.07, 6.45) is 4.94. The van der Waals surface area contributed by atoms with Gasteiger partial charge in [-0.15, -0.1) is 0 Å². The monoisotopic (exact) mass is 619 g/mol. The maximum absolute atomic E-state index is 13.3. The molecule has 12 heteroatoms. The zero-order valence-corrected chi connectivity index (χ0v) is 24.4. The maximum atomic E-state index is 13.3. The minimum Gasteiger partial charge on any atom is -0.489 e. The molecular weight excluding hydrogens is 586 g/mol. The first kappa shape index (κ1) is 30.2. The van der Waals surface area contributed by atoms with Gasteiger partial charge in [-0.1, -0.05) is 30.4 Å². The number of carbonyl (C=O) groups is 1. The van der Waals surface area contributed by atoms with Crippen molar-refractivity contribution in [3.05, 3.63) is 64.1 Å². The quantitative estimate of drug-likeness (QED) is 0.195. The predicted octanol–water partition coefficient (Wildman–Crippen LogP) is 3.99. The van der Waals surface area contributed by atoms with E-state index in [4.69, 9.17) is 26.0 Å². The number of nitrogens with zero attached hydrogens (tertiary/aromatic N) is 2. The van der Waals surface area contributed by atoms with Gasteiger partial charge in [0.2, 0.25) is 10.0 Å². The van der Waals surface area contributed by atoms with Gasteiger partial charge in [-0.3, -0.25) is 19.9 Å². The Morgan fingerprint density at radius 1 is 1.21 bits per heavy atom. The van der Waals surface area contributed by atoms with Crippen LogP contribution in [0.4, 0.5) is 5.69 Å². The number of nitrogen functional groups attached to an aromatic ring is 1. The minimum atomic E-state index is -4.08. The lowest BCUT2D eigenvalue weighted by Gasteiger charge is -2.33. The standard InChI is InChI=1S/C27H34BrN5O5S/c1-3-37-26(34)18-39(35,36)33(13-5-7-20-6-4-8-21(16-20)27(30)31)22-9-10-25(24(28)17-22)38-23-11-14-32(15-12-23)19(2)29/h4-10,16-17,23,29H,3,11-15,18H2,1-2H3,(H3,30,31)/b7-5+,29-19?. The zero-order valence-electron chi connectivity index (χ0n) is 22.0. The number of sulfonamides is 1. The molecule has 1 aliphatic rings. The van der Waals surface area contributed by atoms with Crippen LogP contribution >= 0.6 is 15.9 Å². The Hall–Kier alpha value is -3.38. The van der Waals surface area contributed by atoms with Crippen LogP contribution in [0.15, 0.2) is 53.0 Å². The number of halogens is 1. The topological polar surface area (TPSA) is 150 Å². The van der Waals surface area contributed by atoms with E-state index in [9.17, 15) is 13.2 Å². The number of rotatable bonds is 11. The van der Waals surface area contributed by atoms with Crippen molar-refractivity contribution < 1.29 is 22.7 Å². The lowest BCUT2D eigenvalue weighted by molar-refractivity contribution is -0.139. The molecule has 0 atom stereocenters. The van der Waals surface area contributed by atoms with Gasteiger partial charge in [0.1, 0.15) is 17.7 Å². The third kappa shape index (κ3) is 8.56. The van der Waals surface area contributed by atoms with Crippen LogP contribution in [0, 0.1) is 10.8 Å². The number of hydrogen-bond donors (Lipinski definition) is 3. The number of nitrogens with two attached hydrogens (primary N) is 1. The summed E-state index contributed by atoms with van der Waals surface area (Å²) in [5.41, 5.74) is 7.23. The number of hydrogen-bond acceptors (Lipinski definition) is 7. The Labute approximate surface area is 238 Å². The van der Waals surface area contributed by atoms with Gasteiger partial charge < -0.3 is 20.1 Å². The number of benzene rings is 2. The fourth-order valence-corrected chi connectivity index (χ4v) is 5.88. The molecule has 0 unspecified atom stereocenters. The first-order valence-electron chi connectivity index (χ1n) is 12.5. The molecule has 0 saturated carbocycles. The van der Waals surface area contributed by atoms with Crippen molar-refractivity contribution in [1.29, 1.82) is 10.8 Å². The third-order valence-corrected chi connectivity index (χ3v) is 8.39. The summed E-state index contributed by atoms with van der Waals surface area (Å²) in [6.45, 7) is 4.92. The molecule has 0 amide bonds.